The van der Waals surface area contributed by atoms with Crippen molar-refractivity contribution in [2.45, 2.75) is 20.3 Å². The summed E-state index contributed by atoms with van der Waals surface area (Å²) in [7, 11) is 0. The largest absolute Gasteiger partial charge is 0.342 e. The highest BCUT2D eigenvalue weighted by Gasteiger charge is 2.14. The lowest BCUT2D eigenvalue weighted by Gasteiger charge is -2.05. The van der Waals surface area contributed by atoms with Gasteiger partial charge in [0.15, 0.2) is 5.65 Å². The number of hydrogen-bond donors (Lipinski definition) is 1. The van der Waals surface area contributed by atoms with Crippen LogP contribution in [0.4, 0.5) is 0 Å². The van der Waals surface area contributed by atoms with Gasteiger partial charge in [-0.2, -0.15) is 9.61 Å². The van der Waals surface area contributed by atoms with E-state index < -0.39 is 0 Å². The Labute approximate surface area is 135 Å². The van der Waals surface area contributed by atoms with Gasteiger partial charge in [0, 0.05) is 22.8 Å². The van der Waals surface area contributed by atoms with Gasteiger partial charge in [0.05, 0.1) is 11.7 Å². The van der Waals surface area contributed by atoms with Crippen molar-refractivity contribution >= 4 is 17.0 Å². The van der Waals surface area contributed by atoms with Gasteiger partial charge in [-0.15, -0.1) is 11.3 Å². The molecule has 1 N–H and O–H groups in total. The van der Waals surface area contributed by atoms with Crippen LogP contribution in [-0.2, 0) is 6.42 Å². The molecule has 4 aromatic heterocycles. The van der Waals surface area contributed by atoms with Crippen LogP contribution in [0.1, 0.15) is 18.2 Å². The molecule has 4 heterocycles. The van der Waals surface area contributed by atoms with Crippen molar-refractivity contribution in [3.05, 3.63) is 51.2 Å². The van der Waals surface area contributed by atoms with Gasteiger partial charge in [-0.3, -0.25) is 4.79 Å². The van der Waals surface area contributed by atoms with Gasteiger partial charge in [0.25, 0.3) is 5.56 Å². The molecular weight excluding hydrogens is 312 g/mol. The molecule has 8 heteroatoms. The molecule has 0 aliphatic rings. The van der Waals surface area contributed by atoms with E-state index in [0.29, 0.717) is 12.1 Å². The third kappa shape index (κ3) is 2.10. The molecule has 0 unspecified atom stereocenters. The number of nitrogens with zero attached hydrogens (tertiary/aromatic N) is 5. The van der Waals surface area contributed by atoms with Crippen LogP contribution in [0.5, 0.6) is 0 Å². The first-order valence-electron chi connectivity index (χ1n) is 7.21. The normalized spacial score (nSPS) is 11.4. The number of rotatable bonds is 3. The van der Waals surface area contributed by atoms with Gasteiger partial charge >= 0.3 is 0 Å². The van der Waals surface area contributed by atoms with Gasteiger partial charge in [-0.05, 0) is 13.3 Å². The highest BCUT2D eigenvalue weighted by atomic mass is 32.1. The van der Waals surface area contributed by atoms with E-state index in [9.17, 15) is 4.79 Å². The van der Waals surface area contributed by atoms with Crippen molar-refractivity contribution in [2.75, 3.05) is 0 Å². The summed E-state index contributed by atoms with van der Waals surface area (Å²) >= 11 is 1.53. The standard InChI is InChI=1S/C15H14N6OS/c1-3-10-9(2)19-14-13(4-18-21(14)15(10)22)20-5-11(16-7-20)12-6-23-8-17-12/h4-8,19H,3H2,1-2H3. The highest BCUT2D eigenvalue weighted by molar-refractivity contribution is 7.07. The Balaban J connectivity index is 1.89. The molecule has 0 atom stereocenters. The van der Waals surface area contributed by atoms with E-state index in [1.807, 2.05) is 30.0 Å². The van der Waals surface area contributed by atoms with Gasteiger partial charge in [0.2, 0.25) is 0 Å². The van der Waals surface area contributed by atoms with E-state index in [-0.39, 0.29) is 5.56 Å². The van der Waals surface area contributed by atoms with E-state index >= 15 is 0 Å². The van der Waals surface area contributed by atoms with Crippen LogP contribution in [0.3, 0.4) is 0 Å². The summed E-state index contributed by atoms with van der Waals surface area (Å²) in [5, 5.41) is 6.17. The van der Waals surface area contributed by atoms with Gasteiger partial charge in [-0.25, -0.2) is 9.97 Å². The van der Waals surface area contributed by atoms with Crippen molar-refractivity contribution in [2.24, 2.45) is 0 Å². The molecule has 0 amide bonds. The minimum absolute atomic E-state index is 0.0789. The topological polar surface area (TPSA) is 80.9 Å². The number of nitrogens with one attached hydrogen (secondary N) is 1. The molecule has 4 aromatic rings. The van der Waals surface area contributed by atoms with Crippen molar-refractivity contribution < 1.29 is 0 Å². The summed E-state index contributed by atoms with van der Waals surface area (Å²) in [6.45, 7) is 3.87. The first-order chi connectivity index (χ1) is 11.2. The molecule has 0 bridgehead atoms. The summed E-state index contributed by atoms with van der Waals surface area (Å²) in [5.74, 6) is 0. The third-order valence-electron chi connectivity index (χ3n) is 3.87. The lowest BCUT2D eigenvalue weighted by molar-refractivity contribution is 0.853. The summed E-state index contributed by atoms with van der Waals surface area (Å²) in [4.78, 5) is 24.4. The van der Waals surface area contributed by atoms with Gasteiger partial charge < -0.3 is 9.55 Å². The molecule has 0 saturated heterocycles. The van der Waals surface area contributed by atoms with Crippen molar-refractivity contribution in [1.29, 1.82) is 0 Å². The van der Waals surface area contributed by atoms with E-state index in [2.05, 4.69) is 20.1 Å². The number of imidazole rings is 1. The zero-order valence-electron chi connectivity index (χ0n) is 12.6. The second-order valence-corrected chi connectivity index (χ2v) is 5.94. The Morgan fingerprint density at radius 1 is 1.30 bits per heavy atom. The predicted molar refractivity (Wildman–Crippen MR) is 88.2 cm³/mol. The summed E-state index contributed by atoms with van der Waals surface area (Å²) in [5.41, 5.74) is 6.38. The maximum atomic E-state index is 12.5. The Morgan fingerprint density at radius 3 is 2.91 bits per heavy atom. The van der Waals surface area contributed by atoms with Crippen LogP contribution in [0.25, 0.3) is 22.7 Å². The van der Waals surface area contributed by atoms with Crippen LogP contribution in [0.15, 0.2) is 34.4 Å². The van der Waals surface area contributed by atoms with Crippen molar-refractivity contribution in [1.82, 2.24) is 29.1 Å². The number of fused-ring (bicyclic) bond motifs is 1. The molecule has 4 rings (SSSR count). The van der Waals surface area contributed by atoms with E-state index in [1.54, 1.807) is 18.0 Å². The molecule has 0 aliphatic carbocycles. The second-order valence-electron chi connectivity index (χ2n) is 5.22. The predicted octanol–water partition coefficient (Wildman–Crippen LogP) is 2.20. The maximum absolute atomic E-state index is 12.5. The number of aryl methyl sites for hydroxylation is 1. The van der Waals surface area contributed by atoms with Crippen LogP contribution >= 0.6 is 11.3 Å². The molecule has 0 radical (unpaired) electrons. The quantitative estimate of drug-likeness (QED) is 0.626. The molecule has 116 valence electrons. The lowest BCUT2D eigenvalue weighted by atomic mass is 10.2. The smallest absolute Gasteiger partial charge is 0.277 e. The highest BCUT2D eigenvalue weighted by Crippen LogP contribution is 2.20. The number of thiazole rings is 1. The van der Waals surface area contributed by atoms with Gasteiger partial charge in [-0.1, -0.05) is 6.92 Å². The number of aromatic amines is 1. The molecule has 0 saturated carbocycles. The fraction of sp³-hybridized carbons (Fsp3) is 0.200. The zero-order chi connectivity index (χ0) is 16.0. The fourth-order valence-corrected chi connectivity index (χ4v) is 3.23. The first kappa shape index (κ1) is 13.9. The molecule has 0 aromatic carbocycles. The Morgan fingerprint density at radius 2 is 2.17 bits per heavy atom. The molecular formula is C15H14N6OS. The Bertz CT molecular complexity index is 1040. The Kier molecular flexibility index (Phi) is 3.12. The summed E-state index contributed by atoms with van der Waals surface area (Å²) < 4.78 is 3.25. The second kappa shape index (κ2) is 5.17. The molecule has 0 fully saturated rings. The lowest BCUT2D eigenvalue weighted by Crippen LogP contribution is -2.21. The monoisotopic (exact) mass is 326 g/mol. The number of H-pyrrole nitrogens is 1. The average molecular weight is 326 g/mol. The minimum Gasteiger partial charge on any atom is -0.342 e. The van der Waals surface area contributed by atoms with E-state index in [4.69, 9.17) is 0 Å². The fourth-order valence-electron chi connectivity index (χ4n) is 2.68. The van der Waals surface area contributed by atoms with Crippen molar-refractivity contribution in [3.63, 3.8) is 0 Å². The van der Waals surface area contributed by atoms with Crippen molar-refractivity contribution in [3.8, 4) is 17.1 Å². The number of aromatic nitrogens is 6. The average Bonchev–Trinajstić information content (AvgIpc) is 3.27. The molecule has 0 aliphatic heterocycles. The maximum Gasteiger partial charge on any atom is 0.277 e. The molecule has 7 nitrogen and oxygen atoms in total. The van der Waals surface area contributed by atoms with Crippen LogP contribution < -0.4 is 5.56 Å². The SMILES string of the molecule is CCc1c(C)[nH]c2c(-n3cnc(-c4cscn4)c3)cnn2c1=O. The summed E-state index contributed by atoms with van der Waals surface area (Å²) in [6.07, 6.45) is 5.92. The number of hydrogen-bond acceptors (Lipinski definition) is 5. The van der Waals surface area contributed by atoms with Crippen LogP contribution in [0.2, 0.25) is 0 Å². The third-order valence-corrected chi connectivity index (χ3v) is 4.45. The summed E-state index contributed by atoms with van der Waals surface area (Å²) in [6, 6.07) is 0. The Hall–Kier alpha value is -2.74. The van der Waals surface area contributed by atoms with E-state index in [0.717, 1.165) is 28.3 Å². The molecule has 0 spiro atoms. The first-order valence-corrected chi connectivity index (χ1v) is 8.15. The van der Waals surface area contributed by atoms with E-state index in [1.165, 1.54) is 15.9 Å². The van der Waals surface area contributed by atoms with Crippen LogP contribution in [0, 0.1) is 6.92 Å². The van der Waals surface area contributed by atoms with Crippen LogP contribution in [-0.4, -0.2) is 29.1 Å². The zero-order valence-corrected chi connectivity index (χ0v) is 13.5. The minimum atomic E-state index is -0.0789. The molecule has 23 heavy (non-hydrogen) atoms. The van der Waals surface area contributed by atoms with Gasteiger partial charge in [0.1, 0.15) is 23.4 Å².